The van der Waals surface area contributed by atoms with Crippen molar-refractivity contribution in [1.29, 1.82) is 0 Å². The van der Waals surface area contributed by atoms with E-state index in [4.69, 9.17) is 4.74 Å². The smallest absolute Gasteiger partial charge is 0.409 e. The van der Waals surface area contributed by atoms with Gasteiger partial charge in [-0.3, -0.25) is 9.59 Å². The highest BCUT2D eigenvalue weighted by Gasteiger charge is 2.59. The third-order valence-corrected chi connectivity index (χ3v) is 5.30. The molecule has 0 aromatic carbocycles. The highest BCUT2D eigenvalue weighted by atomic mass is 16.6. The summed E-state index contributed by atoms with van der Waals surface area (Å²) in [6.45, 7) is 5.59. The van der Waals surface area contributed by atoms with Crippen molar-refractivity contribution in [3.05, 3.63) is 0 Å². The van der Waals surface area contributed by atoms with E-state index in [1.807, 2.05) is 4.90 Å². The maximum atomic E-state index is 12.9. The van der Waals surface area contributed by atoms with E-state index in [0.29, 0.717) is 45.6 Å². The molecule has 2 heterocycles. The van der Waals surface area contributed by atoms with Crippen molar-refractivity contribution in [2.75, 3.05) is 45.9 Å². The van der Waals surface area contributed by atoms with Gasteiger partial charge in [0.2, 0.25) is 11.8 Å². The SMILES string of the molecule is CCOC(=O)N1CCN(C(=O)C2(C(=O)N3CCCCC3)CC2)CC1. The van der Waals surface area contributed by atoms with Crippen LogP contribution in [-0.2, 0) is 14.3 Å². The zero-order valence-electron chi connectivity index (χ0n) is 14.5. The molecule has 0 aromatic rings. The first-order chi connectivity index (χ1) is 11.6. The lowest BCUT2D eigenvalue weighted by atomic mass is 10.0. The number of carbonyl (C=O) groups excluding carboxylic acids is 3. The molecule has 3 amide bonds. The number of piperidine rings is 1. The van der Waals surface area contributed by atoms with E-state index >= 15 is 0 Å². The van der Waals surface area contributed by atoms with Crippen LogP contribution in [-0.4, -0.2) is 78.5 Å². The first-order valence-electron chi connectivity index (χ1n) is 9.09. The number of rotatable bonds is 3. The number of carbonyl (C=O) groups is 3. The van der Waals surface area contributed by atoms with Gasteiger partial charge in [-0.1, -0.05) is 0 Å². The standard InChI is InChI=1S/C17H27N3O4/c1-2-24-16(23)20-12-10-19(11-13-20)15(22)17(6-7-17)14(21)18-8-4-3-5-9-18/h2-13H2,1H3. The molecule has 0 aromatic heterocycles. The molecule has 0 spiro atoms. The number of nitrogens with zero attached hydrogens (tertiary/aromatic N) is 3. The number of hydrogen-bond acceptors (Lipinski definition) is 4. The molecule has 0 radical (unpaired) electrons. The summed E-state index contributed by atoms with van der Waals surface area (Å²) in [4.78, 5) is 42.7. The van der Waals surface area contributed by atoms with E-state index in [1.165, 1.54) is 6.42 Å². The maximum Gasteiger partial charge on any atom is 0.409 e. The Balaban J connectivity index is 1.57. The highest BCUT2D eigenvalue weighted by molar-refractivity contribution is 6.08. The van der Waals surface area contributed by atoms with Gasteiger partial charge in [0.15, 0.2) is 0 Å². The van der Waals surface area contributed by atoms with Crippen molar-refractivity contribution in [3.63, 3.8) is 0 Å². The van der Waals surface area contributed by atoms with Crippen LogP contribution in [0.15, 0.2) is 0 Å². The fourth-order valence-corrected chi connectivity index (χ4v) is 3.65. The van der Waals surface area contributed by atoms with Crippen LogP contribution in [0.3, 0.4) is 0 Å². The molecule has 2 saturated heterocycles. The van der Waals surface area contributed by atoms with Crippen LogP contribution in [0, 0.1) is 5.41 Å². The van der Waals surface area contributed by atoms with E-state index in [0.717, 1.165) is 25.9 Å². The van der Waals surface area contributed by atoms with Crippen LogP contribution >= 0.6 is 0 Å². The molecule has 1 aliphatic carbocycles. The Morgan fingerprint density at radius 2 is 1.29 bits per heavy atom. The lowest BCUT2D eigenvalue weighted by molar-refractivity contribution is -0.151. The molecule has 3 rings (SSSR count). The molecule has 1 saturated carbocycles. The molecule has 24 heavy (non-hydrogen) atoms. The summed E-state index contributed by atoms with van der Waals surface area (Å²) in [6.07, 6.45) is 4.25. The van der Waals surface area contributed by atoms with Crippen LogP contribution in [0.4, 0.5) is 4.79 Å². The van der Waals surface area contributed by atoms with Crippen molar-refractivity contribution in [2.45, 2.75) is 39.0 Å². The van der Waals surface area contributed by atoms with Gasteiger partial charge in [0.1, 0.15) is 5.41 Å². The molecule has 7 nitrogen and oxygen atoms in total. The number of ether oxygens (including phenoxy) is 1. The summed E-state index contributed by atoms with van der Waals surface area (Å²) in [5.74, 6) is -0.0124. The quantitative estimate of drug-likeness (QED) is 0.723. The lowest BCUT2D eigenvalue weighted by Crippen LogP contribution is -2.55. The lowest BCUT2D eigenvalue weighted by Gasteiger charge is -2.37. The fourth-order valence-electron chi connectivity index (χ4n) is 3.65. The second kappa shape index (κ2) is 6.99. The van der Waals surface area contributed by atoms with Gasteiger partial charge in [0.25, 0.3) is 0 Å². The van der Waals surface area contributed by atoms with Gasteiger partial charge < -0.3 is 19.4 Å². The van der Waals surface area contributed by atoms with Crippen molar-refractivity contribution in [1.82, 2.24) is 14.7 Å². The average molecular weight is 337 g/mol. The number of likely N-dealkylation sites (tertiary alicyclic amines) is 1. The summed E-state index contributed by atoms with van der Waals surface area (Å²) in [5, 5.41) is 0. The molecule has 0 unspecified atom stereocenters. The topological polar surface area (TPSA) is 70.2 Å². The summed E-state index contributed by atoms with van der Waals surface area (Å²) < 4.78 is 5.00. The van der Waals surface area contributed by atoms with E-state index < -0.39 is 5.41 Å². The monoisotopic (exact) mass is 337 g/mol. The molecule has 0 atom stereocenters. The van der Waals surface area contributed by atoms with Crippen LogP contribution in [0.25, 0.3) is 0 Å². The summed E-state index contributed by atoms with van der Waals surface area (Å²) in [5.41, 5.74) is -0.802. The summed E-state index contributed by atoms with van der Waals surface area (Å²) in [7, 11) is 0. The summed E-state index contributed by atoms with van der Waals surface area (Å²) in [6, 6.07) is 0. The van der Waals surface area contributed by atoms with Gasteiger partial charge in [0, 0.05) is 39.3 Å². The largest absolute Gasteiger partial charge is 0.450 e. The molecule has 0 bridgehead atoms. The third kappa shape index (κ3) is 3.21. The average Bonchev–Trinajstić information content (AvgIpc) is 3.43. The minimum atomic E-state index is -0.802. The van der Waals surface area contributed by atoms with Crippen LogP contribution in [0.2, 0.25) is 0 Å². The summed E-state index contributed by atoms with van der Waals surface area (Å²) >= 11 is 0. The fraction of sp³-hybridized carbons (Fsp3) is 0.824. The van der Waals surface area contributed by atoms with Crippen molar-refractivity contribution >= 4 is 17.9 Å². The van der Waals surface area contributed by atoms with E-state index in [9.17, 15) is 14.4 Å². The van der Waals surface area contributed by atoms with Crippen molar-refractivity contribution in [3.8, 4) is 0 Å². The predicted octanol–water partition coefficient (Wildman–Crippen LogP) is 1.08. The van der Waals surface area contributed by atoms with Crippen molar-refractivity contribution in [2.24, 2.45) is 5.41 Å². The molecular formula is C17H27N3O4. The Morgan fingerprint density at radius 1 is 0.792 bits per heavy atom. The Hall–Kier alpha value is -1.79. The molecule has 7 heteroatoms. The van der Waals surface area contributed by atoms with Crippen LogP contribution in [0.1, 0.15) is 39.0 Å². The van der Waals surface area contributed by atoms with Gasteiger partial charge in [-0.25, -0.2) is 4.79 Å². The number of hydrogen-bond donors (Lipinski definition) is 0. The van der Waals surface area contributed by atoms with Gasteiger partial charge in [-0.15, -0.1) is 0 Å². The van der Waals surface area contributed by atoms with Gasteiger partial charge in [0.05, 0.1) is 6.61 Å². The maximum absolute atomic E-state index is 12.9. The molecule has 0 N–H and O–H groups in total. The minimum absolute atomic E-state index is 0.0278. The predicted molar refractivity (Wildman–Crippen MR) is 87.3 cm³/mol. The second-order valence-corrected chi connectivity index (χ2v) is 6.91. The van der Waals surface area contributed by atoms with Gasteiger partial charge in [-0.2, -0.15) is 0 Å². The van der Waals surface area contributed by atoms with Crippen LogP contribution < -0.4 is 0 Å². The highest BCUT2D eigenvalue weighted by Crippen LogP contribution is 2.49. The Labute approximate surface area is 142 Å². The molecule has 2 aliphatic heterocycles. The normalized spacial score (nSPS) is 23.0. The first kappa shape index (κ1) is 17.0. The van der Waals surface area contributed by atoms with Crippen molar-refractivity contribution < 1.29 is 19.1 Å². The Kier molecular flexibility index (Phi) is 4.96. The molecule has 3 fully saturated rings. The zero-order valence-corrected chi connectivity index (χ0v) is 14.5. The number of amides is 3. The second-order valence-electron chi connectivity index (χ2n) is 6.91. The van der Waals surface area contributed by atoms with E-state index in [-0.39, 0.29) is 17.9 Å². The Bertz CT molecular complexity index is 504. The molecular weight excluding hydrogens is 310 g/mol. The van der Waals surface area contributed by atoms with Gasteiger partial charge >= 0.3 is 6.09 Å². The zero-order chi connectivity index (χ0) is 17.2. The van der Waals surface area contributed by atoms with E-state index in [1.54, 1.807) is 16.7 Å². The number of piperazine rings is 1. The van der Waals surface area contributed by atoms with E-state index in [2.05, 4.69) is 0 Å². The third-order valence-electron chi connectivity index (χ3n) is 5.30. The minimum Gasteiger partial charge on any atom is -0.450 e. The van der Waals surface area contributed by atoms with Crippen LogP contribution in [0.5, 0.6) is 0 Å². The molecule has 3 aliphatic rings. The first-order valence-corrected chi connectivity index (χ1v) is 9.09. The Morgan fingerprint density at radius 3 is 1.79 bits per heavy atom. The molecule has 134 valence electrons. The van der Waals surface area contributed by atoms with Gasteiger partial charge in [-0.05, 0) is 39.0 Å².